The van der Waals surface area contributed by atoms with Crippen LogP contribution in [0.15, 0.2) is 0 Å². The Morgan fingerprint density at radius 1 is 0.311 bits per heavy atom. The summed E-state index contributed by atoms with van der Waals surface area (Å²) in [5.41, 5.74) is 0. The third kappa shape index (κ3) is 63.5. The van der Waals surface area contributed by atoms with Gasteiger partial charge in [-0.05, 0) is 49.4 Å². The maximum Gasteiger partial charge on any atom is 0.472 e. The van der Waals surface area contributed by atoms with E-state index >= 15 is 0 Å². The van der Waals surface area contributed by atoms with Crippen molar-refractivity contribution >= 4 is 39.5 Å². The van der Waals surface area contributed by atoms with Crippen LogP contribution in [0.2, 0.25) is 0 Å². The van der Waals surface area contributed by atoms with E-state index in [9.17, 15) is 43.2 Å². The minimum absolute atomic E-state index is 0.103. The highest BCUT2D eigenvalue weighted by atomic mass is 31.2. The van der Waals surface area contributed by atoms with E-state index in [4.69, 9.17) is 37.0 Å². The maximum absolute atomic E-state index is 13.0. The van der Waals surface area contributed by atoms with E-state index in [1.54, 1.807) is 0 Å². The van der Waals surface area contributed by atoms with Crippen LogP contribution in [-0.4, -0.2) is 96.7 Å². The number of carbonyl (C=O) groups is 4. The summed E-state index contributed by atoms with van der Waals surface area (Å²) in [6, 6.07) is 0. The number of aliphatic hydroxyl groups excluding tert-OH is 1. The van der Waals surface area contributed by atoms with E-state index < -0.39 is 97.5 Å². The van der Waals surface area contributed by atoms with Crippen LogP contribution >= 0.6 is 15.6 Å². The number of aliphatic hydroxyl groups is 1. The molecule has 0 saturated heterocycles. The lowest BCUT2D eigenvalue weighted by Crippen LogP contribution is -2.30. The first-order valence-electron chi connectivity index (χ1n) is 36.7. The molecule has 0 spiro atoms. The number of hydrogen-bond donors (Lipinski definition) is 3. The SMILES string of the molecule is CCC(C)CCCCCCCCC(=O)OC[C@H](COP(=O)(O)OC[C@H](O)COP(=O)(O)OC[C@@H](COC(=O)CCCCCCCCCCCC(C)C)OC(=O)CCCCCCCCCCCCCCCCC(C)C)OC(=O)CCCCCCCCCCC(C)C. The van der Waals surface area contributed by atoms with Crippen LogP contribution in [0, 0.1) is 23.7 Å². The predicted octanol–water partition coefficient (Wildman–Crippen LogP) is 20.1. The molecule has 3 N–H and O–H groups in total. The molecule has 0 bridgehead atoms. The highest BCUT2D eigenvalue weighted by Crippen LogP contribution is 2.45. The average molecular weight is 1330 g/mol. The van der Waals surface area contributed by atoms with Gasteiger partial charge in [0.25, 0.3) is 0 Å². The Morgan fingerprint density at radius 3 is 0.789 bits per heavy atom. The molecule has 0 aliphatic carbocycles. The van der Waals surface area contributed by atoms with Crippen molar-refractivity contribution in [1.29, 1.82) is 0 Å². The van der Waals surface area contributed by atoms with Crippen LogP contribution < -0.4 is 0 Å². The molecular weight excluding hydrogens is 1190 g/mol. The van der Waals surface area contributed by atoms with Gasteiger partial charge in [-0.3, -0.25) is 37.3 Å². The van der Waals surface area contributed by atoms with Gasteiger partial charge in [0.1, 0.15) is 19.3 Å². The van der Waals surface area contributed by atoms with Gasteiger partial charge in [0.2, 0.25) is 0 Å². The number of rotatable bonds is 68. The van der Waals surface area contributed by atoms with E-state index in [0.717, 1.165) is 120 Å². The Labute approximate surface area is 549 Å². The van der Waals surface area contributed by atoms with Gasteiger partial charge in [-0.1, -0.05) is 299 Å². The Kier molecular flexibility index (Phi) is 59.4. The van der Waals surface area contributed by atoms with Crippen molar-refractivity contribution < 1.29 is 80.2 Å². The Balaban J connectivity index is 5.25. The Bertz CT molecular complexity index is 1780. The Morgan fingerprint density at radius 2 is 0.533 bits per heavy atom. The molecule has 534 valence electrons. The summed E-state index contributed by atoms with van der Waals surface area (Å²) >= 11 is 0. The van der Waals surface area contributed by atoms with E-state index in [2.05, 4.69) is 55.4 Å². The van der Waals surface area contributed by atoms with E-state index in [0.29, 0.717) is 25.7 Å². The highest BCUT2D eigenvalue weighted by Gasteiger charge is 2.30. The van der Waals surface area contributed by atoms with Gasteiger partial charge in [-0.2, -0.15) is 0 Å². The van der Waals surface area contributed by atoms with Gasteiger partial charge < -0.3 is 33.8 Å². The van der Waals surface area contributed by atoms with Gasteiger partial charge in [-0.15, -0.1) is 0 Å². The molecule has 0 aromatic heterocycles. The summed E-state index contributed by atoms with van der Waals surface area (Å²) in [5.74, 6) is 0.858. The van der Waals surface area contributed by atoms with Crippen molar-refractivity contribution in [2.75, 3.05) is 39.6 Å². The molecule has 0 heterocycles. The molecule has 0 aromatic carbocycles. The second kappa shape index (κ2) is 60.7. The summed E-state index contributed by atoms with van der Waals surface area (Å²) in [6.07, 6.45) is 43.1. The molecule has 0 fully saturated rings. The van der Waals surface area contributed by atoms with Crippen molar-refractivity contribution in [3.63, 3.8) is 0 Å². The molecule has 90 heavy (non-hydrogen) atoms. The van der Waals surface area contributed by atoms with Gasteiger partial charge in [0.15, 0.2) is 12.2 Å². The highest BCUT2D eigenvalue weighted by molar-refractivity contribution is 7.47. The van der Waals surface area contributed by atoms with Gasteiger partial charge in [0.05, 0.1) is 26.4 Å². The summed E-state index contributed by atoms with van der Waals surface area (Å²) in [4.78, 5) is 72.6. The second-order valence-electron chi connectivity index (χ2n) is 27.3. The summed E-state index contributed by atoms with van der Waals surface area (Å²) in [6.45, 7) is 14.1. The molecule has 0 saturated carbocycles. The minimum Gasteiger partial charge on any atom is -0.462 e. The van der Waals surface area contributed by atoms with Crippen molar-refractivity contribution in [2.24, 2.45) is 23.7 Å². The molecule has 0 aliphatic rings. The number of esters is 4. The van der Waals surface area contributed by atoms with Crippen molar-refractivity contribution in [2.45, 2.75) is 369 Å². The first-order valence-corrected chi connectivity index (χ1v) is 39.7. The third-order valence-corrected chi connectivity index (χ3v) is 18.6. The van der Waals surface area contributed by atoms with E-state index in [1.807, 2.05) is 0 Å². The molecule has 17 nitrogen and oxygen atoms in total. The summed E-state index contributed by atoms with van der Waals surface area (Å²) in [7, 11) is -9.90. The summed E-state index contributed by atoms with van der Waals surface area (Å²) < 4.78 is 68.3. The standard InChI is InChI=1S/C71H138O17P2/c1-9-64(8)50-42-34-29-30-36-44-52-69(74)82-58-67(88-71(76)54-46-38-28-22-21-25-33-41-49-63(6)7)60-86-90(79,80)84-56-65(72)55-83-89(77,78)85-59-66(57-81-68(73)51-43-35-26-20-16-18-24-32-40-48-62(4)5)87-70(75)53-45-37-27-19-15-13-11-10-12-14-17-23-31-39-47-61(2)3/h61-67,72H,9-60H2,1-8H3,(H,77,78)(H,79,80)/t64?,65-,66-,67-/m1/s1. The zero-order valence-electron chi connectivity index (χ0n) is 58.8. The van der Waals surface area contributed by atoms with E-state index in [1.165, 1.54) is 148 Å². The van der Waals surface area contributed by atoms with Crippen LogP contribution in [0.3, 0.4) is 0 Å². The fraction of sp³-hybridized carbons (Fsp3) is 0.944. The smallest absolute Gasteiger partial charge is 0.462 e. The normalized spacial score (nSPS) is 14.6. The molecule has 0 aliphatic heterocycles. The topological polar surface area (TPSA) is 237 Å². The lowest BCUT2D eigenvalue weighted by molar-refractivity contribution is -0.161. The molecule has 6 atom stereocenters. The fourth-order valence-corrected chi connectivity index (χ4v) is 12.2. The molecule has 0 radical (unpaired) electrons. The number of unbranched alkanes of at least 4 members (excludes halogenated alkanes) is 33. The van der Waals surface area contributed by atoms with Crippen molar-refractivity contribution in [3.05, 3.63) is 0 Å². The molecule has 3 unspecified atom stereocenters. The largest absolute Gasteiger partial charge is 0.472 e. The number of phosphoric acid groups is 2. The molecule has 0 aromatic rings. The monoisotopic (exact) mass is 1320 g/mol. The quantitative estimate of drug-likeness (QED) is 0.0222. The van der Waals surface area contributed by atoms with E-state index in [-0.39, 0.29) is 25.7 Å². The number of ether oxygens (including phenoxy) is 4. The van der Waals surface area contributed by atoms with Gasteiger partial charge in [0, 0.05) is 25.7 Å². The molecule has 0 amide bonds. The maximum atomic E-state index is 13.0. The predicted molar refractivity (Wildman–Crippen MR) is 363 cm³/mol. The van der Waals surface area contributed by atoms with Crippen LogP contribution in [-0.2, 0) is 65.4 Å². The lowest BCUT2D eigenvalue weighted by atomic mass is 10.00. The van der Waals surface area contributed by atoms with Crippen molar-refractivity contribution in [3.8, 4) is 0 Å². The number of phosphoric ester groups is 2. The Hall–Kier alpha value is -1.94. The van der Waals surface area contributed by atoms with Crippen LogP contribution in [0.25, 0.3) is 0 Å². The number of hydrogen-bond acceptors (Lipinski definition) is 15. The summed E-state index contributed by atoms with van der Waals surface area (Å²) in [5, 5.41) is 10.6. The van der Waals surface area contributed by atoms with Crippen LogP contribution in [0.1, 0.15) is 351 Å². The number of carbonyl (C=O) groups excluding carboxylic acids is 4. The first-order chi connectivity index (χ1) is 43.1. The van der Waals surface area contributed by atoms with Gasteiger partial charge in [-0.25, -0.2) is 9.13 Å². The first kappa shape index (κ1) is 88.1. The molecular formula is C71H138O17P2. The fourth-order valence-electron chi connectivity index (χ4n) is 10.6. The van der Waals surface area contributed by atoms with Crippen LogP contribution in [0.5, 0.6) is 0 Å². The minimum atomic E-state index is -4.95. The average Bonchev–Trinajstić information content (AvgIpc) is 3.65. The third-order valence-electron chi connectivity index (χ3n) is 16.7. The lowest BCUT2D eigenvalue weighted by Gasteiger charge is -2.21. The van der Waals surface area contributed by atoms with Crippen LogP contribution in [0.4, 0.5) is 0 Å². The second-order valence-corrected chi connectivity index (χ2v) is 30.2. The van der Waals surface area contributed by atoms with Gasteiger partial charge >= 0.3 is 39.5 Å². The molecule has 0 rings (SSSR count). The zero-order valence-corrected chi connectivity index (χ0v) is 60.6. The zero-order chi connectivity index (χ0) is 66.8. The molecule has 19 heteroatoms. The van der Waals surface area contributed by atoms with Crippen molar-refractivity contribution in [1.82, 2.24) is 0 Å².